The van der Waals surface area contributed by atoms with Crippen molar-refractivity contribution in [2.24, 2.45) is 0 Å². The monoisotopic (exact) mass is 522 g/mol. The maximum Gasteiger partial charge on any atom is 0.332 e. The zero-order valence-corrected chi connectivity index (χ0v) is 22.1. The summed E-state index contributed by atoms with van der Waals surface area (Å²) >= 11 is 1.42. The Hall–Kier alpha value is -3.30. The number of anilines is 1. The molecule has 2 aliphatic heterocycles. The highest BCUT2D eigenvalue weighted by atomic mass is 32.1. The summed E-state index contributed by atoms with van der Waals surface area (Å²) in [6, 6.07) is 13.6. The first-order valence-electron chi connectivity index (χ1n) is 12.6. The molecule has 0 aliphatic carbocycles. The van der Waals surface area contributed by atoms with Crippen LogP contribution in [0.3, 0.4) is 0 Å². The first kappa shape index (κ1) is 25.4. The summed E-state index contributed by atoms with van der Waals surface area (Å²) in [6.07, 6.45) is 0.994. The highest BCUT2D eigenvalue weighted by Crippen LogP contribution is 2.43. The Balaban J connectivity index is 1.42. The fourth-order valence-electron chi connectivity index (χ4n) is 5.45. The Bertz CT molecular complexity index is 1280. The second-order valence-electron chi connectivity index (χ2n) is 10.1. The quantitative estimate of drug-likeness (QED) is 0.386. The van der Waals surface area contributed by atoms with E-state index in [1.54, 1.807) is 17.6 Å². The van der Waals surface area contributed by atoms with Crippen LogP contribution in [0.5, 0.6) is 5.75 Å². The van der Waals surface area contributed by atoms with Crippen LogP contribution in [0.15, 0.2) is 59.4 Å². The number of hydrogen-bond donors (Lipinski definition) is 0. The van der Waals surface area contributed by atoms with Gasteiger partial charge in [-0.3, -0.25) is 19.5 Å². The van der Waals surface area contributed by atoms with Gasteiger partial charge in [0.25, 0.3) is 5.91 Å². The molecule has 1 spiro atoms. The van der Waals surface area contributed by atoms with Gasteiger partial charge in [0, 0.05) is 30.2 Å². The van der Waals surface area contributed by atoms with Crippen molar-refractivity contribution < 1.29 is 18.7 Å². The van der Waals surface area contributed by atoms with Crippen molar-refractivity contribution in [2.75, 3.05) is 11.4 Å². The molecule has 0 N–H and O–H groups in total. The van der Waals surface area contributed by atoms with Gasteiger partial charge >= 0.3 is 6.03 Å². The summed E-state index contributed by atoms with van der Waals surface area (Å²) in [4.78, 5) is 37.0. The maximum absolute atomic E-state index is 14.2. The highest BCUT2D eigenvalue weighted by Gasteiger charge is 2.59. The fourth-order valence-corrected chi connectivity index (χ4v) is 6.00. The first-order chi connectivity index (χ1) is 17.8. The van der Waals surface area contributed by atoms with Crippen LogP contribution in [0.1, 0.15) is 44.9 Å². The van der Waals surface area contributed by atoms with E-state index in [9.17, 15) is 14.0 Å². The van der Waals surface area contributed by atoms with Crippen LogP contribution in [0.4, 0.5) is 14.9 Å². The van der Waals surface area contributed by atoms with E-state index < -0.39 is 17.4 Å². The summed E-state index contributed by atoms with van der Waals surface area (Å²) < 4.78 is 20.1. The van der Waals surface area contributed by atoms with Gasteiger partial charge in [0.15, 0.2) is 0 Å². The molecule has 0 radical (unpaired) electrons. The third-order valence-electron chi connectivity index (χ3n) is 7.09. The summed E-state index contributed by atoms with van der Waals surface area (Å²) in [5.74, 6) is 0.147. The third-order valence-corrected chi connectivity index (χ3v) is 7.72. The molecular weight excluding hydrogens is 491 g/mol. The van der Waals surface area contributed by atoms with Crippen molar-refractivity contribution in [3.63, 3.8) is 0 Å². The van der Waals surface area contributed by atoms with Gasteiger partial charge in [0.05, 0.1) is 23.9 Å². The van der Waals surface area contributed by atoms with Crippen molar-refractivity contribution in [1.29, 1.82) is 0 Å². The molecule has 0 saturated carbocycles. The Morgan fingerprint density at radius 1 is 1.16 bits per heavy atom. The summed E-state index contributed by atoms with van der Waals surface area (Å²) in [5.41, 5.74) is 2.80. The van der Waals surface area contributed by atoms with Gasteiger partial charge in [-0.15, -0.1) is 11.3 Å². The maximum atomic E-state index is 14.2. The lowest BCUT2D eigenvalue weighted by molar-refractivity contribution is -0.133. The second-order valence-corrected chi connectivity index (χ2v) is 10.8. The Morgan fingerprint density at radius 2 is 1.97 bits per heavy atom. The average molecular weight is 523 g/mol. The molecule has 1 aromatic heterocycles. The van der Waals surface area contributed by atoms with Gasteiger partial charge in [0.2, 0.25) is 0 Å². The molecule has 3 aromatic rings. The minimum Gasteiger partial charge on any atom is -0.491 e. The molecule has 9 heteroatoms. The molecule has 0 unspecified atom stereocenters. The normalized spacial score (nSPS) is 22.5. The standard InChI is InChI=1S/C28H31FN4O3S/c1-19(2)36-25-9-4-6-21(12-25)15-31-11-10-28(14-20(31)3)26(34)32(16-23-17-37-18-30-23)27(35)33(28)24-8-5-7-22(29)13-24/h4-9,12-13,17-20H,10-11,14-16H2,1-3H3/t20-,28+/m0/s1. The molecule has 0 bridgehead atoms. The smallest absolute Gasteiger partial charge is 0.332 e. The summed E-state index contributed by atoms with van der Waals surface area (Å²) in [6.45, 7) is 7.51. The van der Waals surface area contributed by atoms with Crippen LogP contribution in [-0.2, 0) is 17.9 Å². The van der Waals surface area contributed by atoms with E-state index in [1.165, 1.54) is 33.3 Å². The number of amides is 3. The number of urea groups is 1. The van der Waals surface area contributed by atoms with Crippen molar-refractivity contribution in [2.45, 2.75) is 64.4 Å². The molecule has 3 amide bonds. The molecule has 2 aromatic carbocycles. The summed E-state index contributed by atoms with van der Waals surface area (Å²) in [5, 5.41) is 1.83. The number of carbonyl (C=O) groups is 2. The lowest BCUT2D eigenvalue weighted by Crippen LogP contribution is -2.59. The van der Waals surface area contributed by atoms with E-state index in [0.717, 1.165) is 11.3 Å². The summed E-state index contributed by atoms with van der Waals surface area (Å²) in [7, 11) is 0. The predicted octanol–water partition coefficient (Wildman–Crippen LogP) is 5.46. The van der Waals surface area contributed by atoms with Crippen molar-refractivity contribution in [3.05, 3.63) is 76.5 Å². The predicted molar refractivity (Wildman–Crippen MR) is 141 cm³/mol. The van der Waals surface area contributed by atoms with E-state index in [4.69, 9.17) is 4.74 Å². The van der Waals surface area contributed by atoms with Gasteiger partial charge in [-0.25, -0.2) is 14.2 Å². The number of benzene rings is 2. The number of imide groups is 1. The number of hydrogen-bond acceptors (Lipinski definition) is 6. The van der Waals surface area contributed by atoms with Crippen LogP contribution >= 0.6 is 11.3 Å². The third kappa shape index (κ3) is 4.98. The fraction of sp³-hybridized carbons (Fsp3) is 0.393. The molecule has 5 rings (SSSR count). The van der Waals surface area contributed by atoms with E-state index in [-0.39, 0.29) is 24.6 Å². The Labute approximate surface area is 220 Å². The number of piperidine rings is 1. The molecule has 2 atom stereocenters. The minimum atomic E-state index is -1.07. The van der Waals surface area contributed by atoms with E-state index in [2.05, 4.69) is 28.9 Å². The molecule has 3 heterocycles. The number of halogens is 1. The zero-order chi connectivity index (χ0) is 26.2. The number of aromatic nitrogens is 1. The Morgan fingerprint density at radius 3 is 2.68 bits per heavy atom. The van der Waals surface area contributed by atoms with Crippen LogP contribution in [-0.4, -0.2) is 51.0 Å². The molecular formula is C28H31FN4O3S. The van der Waals surface area contributed by atoms with Crippen molar-refractivity contribution >= 4 is 29.0 Å². The molecule has 2 aliphatic rings. The molecule has 37 heavy (non-hydrogen) atoms. The lowest BCUT2D eigenvalue weighted by atomic mass is 9.81. The molecule has 7 nitrogen and oxygen atoms in total. The average Bonchev–Trinajstić information content (AvgIpc) is 3.43. The number of carbonyl (C=O) groups excluding carboxylic acids is 2. The minimum absolute atomic E-state index is 0.00968. The number of thiazole rings is 1. The van der Waals surface area contributed by atoms with Gasteiger partial charge < -0.3 is 4.74 Å². The van der Waals surface area contributed by atoms with E-state index in [0.29, 0.717) is 37.3 Å². The van der Waals surface area contributed by atoms with Gasteiger partial charge in [-0.05, 0) is 69.5 Å². The van der Waals surface area contributed by atoms with Crippen LogP contribution < -0.4 is 9.64 Å². The largest absolute Gasteiger partial charge is 0.491 e. The topological polar surface area (TPSA) is 66.0 Å². The lowest BCUT2D eigenvalue weighted by Gasteiger charge is -2.45. The molecule has 2 saturated heterocycles. The molecule has 194 valence electrons. The van der Waals surface area contributed by atoms with Crippen LogP contribution in [0.25, 0.3) is 0 Å². The van der Waals surface area contributed by atoms with Crippen molar-refractivity contribution in [1.82, 2.24) is 14.8 Å². The van der Waals surface area contributed by atoms with Gasteiger partial charge in [-0.1, -0.05) is 18.2 Å². The Kier molecular flexibility index (Phi) is 7.00. The number of nitrogens with zero attached hydrogens (tertiary/aromatic N) is 4. The number of ether oxygens (including phenoxy) is 1. The first-order valence-corrected chi connectivity index (χ1v) is 13.5. The SMILES string of the molecule is CC(C)Oc1cccc(CN2CC[C@@]3(C[C@@H]2C)C(=O)N(Cc2cscn2)C(=O)N3c2cccc(F)c2)c1. The zero-order valence-electron chi connectivity index (χ0n) is 21.3. The van der Waals surface area contributed by atoms with Gasteiger partial charge in [0.1, 0.15) is 17.1 Å². The highest BCUT2D eigenvalue weighted by molar-refractivity contribution is 7.07. The van der Waals surface area contributed by atoms with Crippen molar-refractivity contribution in [3.8, 4) is 5.75 Å². The van der Waals surface area contributed by atoms with E-state index in [1.807, 2.05) is 31.4 Å². The number of rotatable bonds is 7. The van der Waals surface area contributed by atoms with Crippen LogP contribution in [0.2, 0.25) is 0 Å². The number of likely N-dealkylation sites (tertiary alicyclic amines) is 1. The van der Waals surface area contributed by atoms with Gasteiger partial charge in [-0.2, -0.15) is 0 Å². The van der Waals surface area contributed by atoms with E-state index >= 15 is 0 Å². The molecule has 2 fully saturated rings. The van der Waals surface area contributed by atoms with Crippen LogP contribution in [0, 0.1) is 5.82 Å². The second kappa shape index (κ2) is 10.2.